The van der Waals surface area contributed by atoms with Crippen molar-refractivity contribution in [2.45, 2.75) is 57.5 Å². The number of hydrogen-bond donors (Lipinski definition) is 2. The fraction of sp³-hybridized carbons (Fsp3) is 0.944. The minimum Gasteiger partial charge on any atom is -0.378 e. The number of ether oxygens (including phenoxy) is 1. The summed E-state index contributed by atoms with van der Waals surface area (Å²) in [6, 6.07) is 1.29. The van der Waals surface area contributed by atoms with Crippen molar-refractivity contribution in [2.75, 3.05) is 51.4 Å². The third kappa shape index (κ3) is 10.3. The summed E-state index contributed by atoms with van der Waals surface area (Å²) < 4.78 is 27.5. The number of halogens is 1. The molecule has 0 aromatic rings. The standard InChI is InChI=1S/C18H36N4O3S.HI/c1-3-19-18(20-10-13-25-14-15-26(2,23)24)21-16-8-11-22(12-9-16)17-6-4-5-7-17;/h16-17H,3-15H2,1-2H3,(H2,19,20,21);1H. The lowest BCUT2D eigenvalue weighted by Gasteiger charge is -2.36. The molecule has 2 N–H and O–H groups in total. The Balaban J connectivity index is 0.00000364. The first-order valence-electron chi connectivity index (χ1n) is 10.0. The van der Waals surface area contributed by atoms with Crippen molar-refractivity contribution in [3.63, 3.8) is 0 Å². The highest BCUT2D eigenvalue weighted by atomic mass is 127. The maximum absolute atomic E-state index is 11.1. The Morgan fingerprint density at radius 2 is 1.81 bits per heavy atom. The molecule has 2 fully saturated rings. The van der Waals surface area contributed by atoms with Gasteiger partial charge in [-0.1, -0.05) is 12.8 Å². The van der Waals surface area contributed by atoms with E-state index in [4.69, 9.17) is 4.74 Å². The highest BCUT2D eigenvalue weighted by Crippen LogP contribution is 2.26. The second-order valence-corrected chi connectivity index (χ2v) is 9.66. The number of rotatable bonds is 9. The van der Waals surface area contributed by atoms with Gasteiger partial charge in [0.2, 0.25) is 0 Å². The zero-order chi connectivity index (χ0) is 18.8. The van der Waals surface area contributed by atoms with Gasteiger partial charge in [0.05, 0.1) is 25.5 Å². The van der Waals surface area contributed by atoms with Crippen molar-refractivity contribution in [2.24, 2.45) is 4.99 Å². The zero-order valence-corrected chi connectivity index (χ0v) is 19.9. The number of nitrogens with one attached hydrogen (secondary N) is 2. The van der Waals surface area contributed by atoms with E-state index in [0.29, 0.717) is 19.2 Å². The summed E-state index contributed by atoms with van der Waals surface area (Å²) in [5.41, 5.74) is 0. The Labute approximate surface area is 182 Å². The SMILES string of the molecule is CCNC(=NCCOCCS(C)(=O)=O)NC1CCN(C2CCCC2)CC1.I. The minimum atomic E-state index is -2.96. The summed E-state index contributed by atoms with van der Waals surface area (Å²) in [7, 11) is -2.96. The lowest BCUT2D eigenvalue weighted by atomic mass is 10.0. The normalized spacial score (nSPS) is 20.4. The van der Waals surface area contributed by atoms with Gasteiger partial charge in [0.1, 0.15) is 9.84 Å². The predicted molar refractivity (Wildman–Crippen MR) is 122 cm³/mol. The second-order valence-electron chi connectivity index (χ2n) is 7.40. The van der Waals surface area contributed by atoms with Gasteiger partial charge >= 0.3 is 0 Å². The Kier molecular flexibility index (Phi) is 12.1. The lowest BCUT2D eigenvalue weighted by Crippen LogP contribution is -2.50. The van der Waals surface area contributed by atoms with Crippen molar-refractivity contribution in [3.05, 3.63) is 0 Å². The van der Waals surface area contributed by atoms with Crippen LogP contribution in [-0.4, -0.2) is 82.8 Å². The molecule has 0 aromatic heterocycles. The van der Waals surface area contributed by atoms with Gasteiger partial charge in [0, 0.05) is 38.0 Å². The predicted octanol–water partition coefficient (Wildman–Crippen LogP) is 1.63. The number of likely N-dealkylation sites (tertiary alicyclic amines) is 1. The van der Waals surface area contributed by atoms with E-state index in [1.165, 1.54) is 45.0 Å². The molecule has 2 rings (SSSR count). The van der Waals surface area contributed by atoms with Crippen LogP contribution >= 0.6 is 24.0 Å². The summed E-state index contributed by atoms with van der Waals surface area (Å²) in [5.74, 6) is 0.896. The Hall–Kier alpha value is -0.130. The quantitative estimate of drug-likeness (QED) is 0.210. The molecule has 1 saturated carbocycles. The van der Waals surface area contributed by atoms with Gasteiger partial charge < -0.3 is 20.3 Å². The van der Waals surface area contributed by atoms with Crippen molar-refractivity contribution < 1.29 is 13.2 Å². The molecular formula is C18H37IN4O3S. The highest BCUT2D eigenvalue weighted by molar-refractivity contribution is 14.0. The van der Waals surface area contributed by atoms with Gasteiger partial charge in [-0.05, 0) is 32.6 Å². The van der Waals surface area contributed by atoms with Crippen LogP contribution in [0.4, 0.5) is 0 Å². The van der Waals surface area contributed by atoms with Crippen molar-refractivity contribution in [1.82, 2.24) is 15.5 Å². The molecule has 7 nitrogen and oxygen atoms in total. The number of aliphatic imine (C=N–C) groups is 1. The molecule has 1 heterocycles. The molecule has 0 aromatic carbocycles. The Morgan fingerprint density at radius 1 is 1.15 bits per heavy atom. The largest absolute Gasteiger partial charge is 0.378 e. The van der Waals surface area contributed by atoms with Gasteiger partial charge in [0.15, 0.2) is 5.96 Å². The van der Waals surface area contributed by atoms with Gasteiger partial charge in [-0.25, -0.2) is 8.42 Å². The van der Waals surface area contributed by atoms with Crippen LogP contribution in [0.15, 0.2) is 4.99 Å². The Morgan fingerprint density at radius 3 is 2.41 bits per heavy atom. The van der Waals surface area contributed by atoms with Gasteiger partial charge in [-0.2, -0.15) is 0 Å². The number of nitrogens with zero attached hydrogens (tertiary/aromatic N) is 2. The first-order chi connectivity index (χ1) is 12.5. The fourth-order valence-corrected chi connectivity index (χ4v) is 4.15. The molecule has 0 spiro atoms. The number of hydrogen-bond acceptors (Lipinski definition) is 5. The summed E-state index contributed by atoms with van der Waals surface area (Å²) >= 11 is 0. The lowest BCUT2D eigenvalue weighted by molar-refractivity contribution is 0.149. The molecule has 0 bridgehead atoms. The van der Waals surface area contributed by atoms with Crippen LogP contribution in [0.25, 0.3) is 0 Å². The van der Waals surface area contributed by atoms with Crippen LogP contribution in [0.3, 0.4) is 0 Å². The minimum absolute atomic E-state index is 0. The average molecular weight is 516 g/mol. The zero-order valence-electron chi connectivity index (χ0n) is 16.8. The van der Waals surface area contributed by atoms with Crippen molar-refractivity contribution >= 4 is 39.8 Å². The molecule has 0 radical (unpaired) electrons. The first kappa shape index (κ1) is 24.9. The maximum atomic E-state index is 11.1. The van der Waals surface area contributed by atoms with Gasteiger partial charge in [-0.15, -0.1) is 24.0 Å². The van der Waals surface area contributed by atoms with Crippen molar-refractivity contribution in [3.8, 4) is 0 Å². The van der Waals surface area contributed by atoms with Crippen LogP contribution in [0.2, 0.25) is 0 Å². The van der Waals surface area contributed by atoms with Crippen molar-refractivity contribution in [1.29, 1.82) is 0 Å². The Bertz CT molecular complexity index is 531. The summed E-state index contributed by atoms with van der Waals surface area (Å²) in [5, 5.41) is 6.83. The number of piperidine rings is 1. The van der Waals surface area contributed by atoms with E-state index >= 15 is 0 Å². The molecule has 1 aliphatic heterocycles. The molecule has 160 valence electrons. The third-order valence-corrected chi connectivity index (χ3v) is 6.07. The van der Waals surface area contributed by atoms with E-state index in [0.717, 1.165) is 31.4 Å². The summed E-state index contributed by atoms with van der Waals surface area (Å²) in [4.78, 5) is 7.22. The van der Waals surface area contributed by atoms with Crippen LogP contribution in [0.1, 0.15) is 45.4 Å². The van der Waals surface area contributed by atoms with E-state index < -0.39 is 9.84 Å². The monoisotopic (exact) mass is 516 g/mol. The molecular weight excluding hydrogens is 479 g/mol. The summed E-state index contributed by atoms with van der Waals surface area (Å²) in [6.07, 6.45) is 9.08. The third-order valence-electron chi connectivity index (χ3n) is 5.16. The van der Waals surface area contributed by atoms with E-state index in [1.54, 1.807) is 0 Å². The molecule has 2 aliphatic rings. The molecule has 0 unspecified atom stereocenters. The van der Waals surface area contributed by atoms with E-state index in [2.05, 4.69) is 27.4 Å². The topological polar surface area (TPSA) is 83.0 Å². The van der Waals surface area contributed by atoms with Crippen LogP contribution in [0, 0.1) is 0 Å². The van der Waals surface area contributed by atoms with Gasteiger partial charge in [0.25, 0.3) is 0 Å². The fourth-order valence-electron chi connectivity index (χ4n) is 3.73. The maximum Gasteiger partial charge on any atom is 0.191 e. The van der Waals surface area contributed by atoms with E-state index in [1.807, 2.05) is 0 Å². The second kappa shape index (κ2) is 13.2. The van der Waals surface area contributed by atoms with E-state index in [-0.39, 0.29) is 36.3 Å². The van der Waals surface area contributed by atoms with Gasteiger partial charge in [-0.3, -0.25) is 4.99 Å². The molecule has 0 atom stereocenters. The molecule has 1 saturated heterocycles. The van der Waals surface area contributed by atoms with Crippen LogP contribution < -0.4 is 10.6 Å². The molecule has 0 amide bonds. The smallest absolute Gasteiger partial charge is 0.191 e. The first-order valence-corrected chi connectivity index (χ1v) is 12.1. The molecule has 9 heteroatoms. The van der Waals surface area contributed by atoms with E-state index in [9.17, 15) is 8.42 Å². The summed E-state index contributed by atoms with van der Waals surface area (Å²) in [6.45, 7) is 6.43. The highest BCUT2D eigenvalue weighted by Gasteiger charge is 2.27. The number of guanidine groups is 1. The molecule has 27 heavy (non-hydrogen) atoms. The van der Waals surface area contributed by atoms with Crippen LogP contribution in [0.5, 0.6) is 0 Å². The van der Waals surface area contributed by atoms with Crippen LogP contribution in [-0.2, 0) is 14.6 Å². The average Bonchev–Trinajstić information content (AvgIpc) is 3.12. The molecule has 1 aliphatic carbocycles. The number of sulfone groups is 1.